The summed E-state index contributed by atoms with van der Waals surface area (Å²) in [6.07, 6.45) is 3.75. The van der Waals surface area contributed by atoms with E-state index in [9.17, 15) is 0 Å². The summed E-state index contributed by atoms with van der Waals surface area (Å²) in [5.74, 6) is 0.900. The van der Waals surface area contributed by atoms with Crippen LogP contribution in [0.15, 0.2) is 12.5 Å². The highest BCUT2D eigenvalue weighted by Crippen LogP contribution is 2.23. The molecule has 0 saturated carbocycles. The second-order valence-corrected chi connectivity index (χ2v) is 4.31. The Morgan fingerprint density at radius 1 is 1.32 bits per heavy atom. The fourth-order valence-corrected chi connectivity index (χ4v) is 2.23. The molecule has 0 atom stereocenters. The van der Waals surface area contributed by atoms with Crippen LogP contribution in [0.2, 0.25) is 0 Å². The fourth-order valence-electron chi connectivity index (χ4n) is 2.23. The van der Waals surface area contributed by atoms with Crippen molar-refractivity contribution in [1.29, 1.82) is 5.26 Å². The second-order valence-electron chi connectivity index (χ2n) is 4.31. The molecule has 0 amide bonds. The van der Waals surface area contributed by atoms with Crippen LogP contribution < -0.4 is 4.90 Å². The van der Waals surface area contributed by atoms with Crippen molar-refractivity contribution in [3.8, 4) is 6.07 Å². The molecule has 98 valence electrons. The largest absolute Gasteiger partial charge is 0.378 e. The monoisotopic (exact) mass is 258 g/mol. The minimum absolute atomic E-state index is 0.424. The van der Waals surface area contributed by atoms with Gasteiger partial charge in [0.25, 0.3) is 0 Å². The van der Waals surface area contributed by atoms with Crippen LogP contribution in [-0.2, 0) is 11.3 Å². The topological polar surface area (TPSA) is 79.9 Å². The van der Waals surface area contributed by atoms with Crippen molar-refractivity contribution in [1.82, 2.24) is 19.7 Å². The van der Waals surface area contributed by atoms with Gasteiger partial charge in [-0.3, -0.25) is 0 Å². The summed E-state index contributed by atoms with van der Waals surface area (Å²) < 4.78 is 7.10. The number of ether oxygens (including phenoxy) is 1. The van der Waals surface area contributed by atoms with Gasteiger partial charge in [-0.1, -0.05) is 0 Å². The van der Waals surface area contributed by atoms with E-state index < -0.39 is 0 Å². The molecule has 7 nitrogen and oxygen atoms in total. The third-order valence-electron chi connectivity index (χ3n) is 3.16. The molecular formula is C12H14N6O. The molecule has 1 aliphatic heterocycles. The van der Waals surface area contributed by atoms with E-state index in [0.29, 0.717) is 26.2 Å². The van der Waals surface area contributed by atoms with E-state index in [1.165, 1.54) is 0 Å². The Morgan fingerprint density at radius 2 is 2.16 bits per heavy atom. The van der Waals surface area contributed by atoms with Crippen LogP contribution in [0.5, 0.6) is 0 Å². The molecule has 0 N–H and O–H groups in total. The number of anilines is 1. The van der Waals surface area contributed by atoms with Crippen LogP contribution in [0.3, 0.4) is 0 Å². The molecule has 1 saturated heterocycles. The van der Waals surface area contributed by atoms with Crippen molar-refractivity contribution in [2.45, 2.75) is 13.0 Å². The quantitative estimate of drug-likeness (QED) is 0.801. The Labute approximate surface area is 110 Å². The molecule has 0 radical (unpaired) electrons. The molecule has 2 aromatic rings. The molecular weight excluding hydrogens is 244 g/mol. The summed E-state index contributed by atoms with van der Waals surface area (Å²) in [6, 6.07) is 2.12. The lowest BCUT2D eigenvalue weighted by atomic mass is 10.3. The maximum Gasteiger partial charge on any atom is 0.163 e. The number of aromatic nitrogens is 4. The van der Waals surface area contributed by atoms with Gasteiger partial charge in [0, 0.05) is 13.1 Å². The normalized spacial score (nSPS) is 15.6. The Kier molecular flexibility index (Phi) is 3.25. The summed E-state index contributed by atoms with van der Waals surface area (Å²) in [6.45, 7) is 3.65. The smallest absolute Gasteiger partial charge is 0.163 e. The van der Waals surface area contributed by atoms with Crippen LogP contribution in [0.4, 0.5) is 5.82 Å². The summed E-state index contributed by atoms with van der Waals surface area (Å²) in [7, 11) is 0. The minimum Gasteiger partial charge on any atom is -0.378 e. The van der Waals surface area contributed by atoms with Crippen molar-refractivity contribution < 1.29 is 4.74 Å². The zero-order valence-corrected chi connectivity index (χ0v) is 10.5. The number of morpholine rings is 1. The molecule has 2 aromatic heterocycles. The highest BCUT2D eigenvalue weighted by atomic mass is 16.5. The number of nitrogens with zero attached hydrogens (tertiary/aromatic N) is 6. The average molecular weight is 258 g/mol. The maximum atomic E-state index is 8.65. The van der Waals surface area contributed by atoms with Crippen molar-refractivity contribution >= 4 is 16.9 Å². The van der Waals surface area contributed by atoms with Crippen molar-refractivity contribution in [3.05, 3.63) is 12.5 Å². The SMILES string of the molecule is N#CCCn1ncc2c(N3CCOCC3)ncnc21. The highest BCUT2D eigenvalue weighted by Gasteiger charge is 2.17. The van der Waals surface area contributed by atoms with Gasteiger partial charge in [0.2, 0.25) is 0 Å². The fraction of sp³-hybridized carbons (Fsp3) is 0.500. The molecule has 0 bridgehead atoms. The Bertz CT molecular complexity index is 610. The lowest BCUT2D eigenvalue weighted by Gasteiger charge is -2.27. The van der Waals surface area contributed by atoms with Crippen LogP contribution in [0, 0.1) is 11.3 Å². The zero-order chi connectivity index (χ0) is 13.1. The lowest BCUT2D eigenvalue weighted by molar-refractivity contribution is 0.122. The number of rotatable bonds is 3. The molecule has 1 fully saturated rings. The van der Waals surface area contributed by atoms with Gasteiger partial charge in [-0.2, -0.15) is 10.4 Å². The van der Waals surface area contributed by atoms with Gasteiger partial charge >= 0.3 is 0 Å². The van der Waals surface area contributed by atoms with Crippen molar-refractivity contribution in [2.75, 3.05) is 31.2 Å². The van der Waals surface area contributed by atoms with E-state index in [-0.39, 0.29) is 0 Å². The first kappa shape index (κ1) is 11.9. The van der Waals surface area contributed by atoms with E-state index in [4.69, 9.17) is 10.00 Å². The van der Waals surface area contributed by atoms with Crippen LogP contribution in [0.1, 0.15) is 6.42 Å². The summed E-state index contributed by atoms with van der Waals surface area (Å²) in [5, 5.41) is 13.9. The minimum atomic E-state index is 0.424. The van der Waals surface area contributed by atoms with Crippen LogP contribution >= 0.6 is 0 Å². The van der Waals surface area contributed by atoms with E-state index in [0.717, 1.165) is 29.9 Å². The predicted molar refractivity (Wildman–Crippen MR) is 68.6 cm³/mol. The molecule has 3 heterocycles. The predicted octanol–water partition coefficient (Wildman–Crippen LogP) is 0.577. The van der Waals surface area contributed by atoms with Gasteiger partial charge in [-0.05, 0) is 0 Å². The first-order chi connectivity index (χ1) is 9.40. The number of aryl methyl sites for hydroxylation is 1. The lowest BCUT2D eigenvalue weighted by Crippen LogP contribution is -2.36. The summed E-state index contributed by atoms with van der Waals surface area (Å²) >= 11 is 0. The van der Waals surface area contributed by atoms with E-state index in [1.54, 1.807) is 17.2 Å². The standard InChI is InChI=1S/C12H14N6O/c13-2-1-3-18-12-10(8-16-18)11(14-9-15-12)17-4-6-19-7-5-17/h8-9H,1,3-7H2. The molecule has 0 spiro atoms. The number of hydrogen-bond donors (Lipinski definition) is 0. The van der Waals surface area contributed by atoms with Crippen LogP contribution in [-0.4, -0.2) is 46.1 Å². The van der Waals surface area contributed by atoms with Gasteiger partial charge < -0.3 is 9.64 Å². The van der Waals surface area contributed by atoms with E-state index in [1.807, 2.05) is 0 Å². The molecule has 0 aliphatic carbocycles. The van der Waals surface area contributed by atoms with E-state index >= 15 is 0 Å². The summed E-state index contributed by atoms with van der Waals surface area (Å²) in [4.78, 5) is 10.8. The first-order valence-electron chi connectivity index (χ1n) is 6.26. The highest BCUT2D eigenvalue weighted by molar-refractivity contribution is 5.86. The van der Waals surface area contributed by atoms with Gasteiger partial charge in [0.1, 0.15) is 12.1 Å². The average Bonchev–Trinajstić information content (AvgIpc) is 2.89. The number of fused-ring (bicyclic) bond motifs is 1. The summed E-state index contributed by atoms with van der Waals surface area (Å²) in [5.41, 5.74) is 0.784. The molecule has 7 heteroatoms. The molecule has 3 rings (SSSR count). The van der Waals surface area contributed by atoms with E-state index in [2.05, 4.69) is 26.0 Å². The molecule has 19 heavy (non-hydrogen) atoms. The maximum absolute atomic E-state index is 8.65. The van der Waals surface area contributed by atoms with Crippen molar-refractivity contribution in [3.63, 3.8) is 0 Å². The van der Waals surface area contributed by atoms with Crippen molar-refractivity contribution in [2.24, 2.45) is 0 Å². The second kappa shape index (κ2) is 5.20. The Hall–Kier alpha value is -2.20. The third-order valence-corrected chi connectivity index (χ3v) is 3.16. The van der Waals surface area contributed by atoms with Crippen LogP contribution in [0.25, 0.3) is 11.0 Å². The number of hydrogen-bond acceptors (Lipinski definition) is 6. The first-order valence-corrected chi connectivity index (χ1v) is 6.26. The molecule has 1 aliphatic rings. The Morgan fingerprint density at radius 3 is 2.95 bits per heavy atom. The number of nitriles is 1. The van der Waals surface area contributed by atoms with Gasteiger partial charge in [0.15, 0.2) is 5.65 Å². The van der Waals surface area contributed by atoms with Gasteiger partial charge in [0.05, 0.1) is 43.8 Å². The third kappa shape index (κ3) is 2.22. The zero-order valence-electron chi connectivity index (χ0n) is 10.5. The van der Waals surface area contributed by atoms with Gasteiger partial charge in [-0.25, -0.2) is 14.6 Å². The van der Waals surface area contributed by atoms with Gasteiger partial charge in [-0.15, -0.1) is 0 Å². The molecule has 0 unspecified atom stereocenters. The Balaban J connectivity index is 1.97. The molecule has 0 aromatic carbocycles.